The van der Waals surface area contributed by atoms with Crippen LogP contribution in [0.15, 0.2) is 47.1 Å². The summed E-state index contributed by atoms with van der Waals surface area (Å²) in [7, 11) is 0. The Kier molecular flexibility index (Phi) is 3.42. The van der Waals surface area contributed by atoms with Crippen LogP contribution in [0.5, 0.6) is 0 Å². The molecule has 84 valence electrons. The number of hydrogen-bond acceptors (Lipinski definition) is 2. The van der Waals surface area contributed by atoms with Gasteiger partial charge >= 0.3 is 0 Å². The van der Waals surface area contributed by atoms with Crippen molar-refractivity contribution < 1.29 is 4.42 Å². The smallest absolute Gasteiger partial charge is 0.108 e. The van der Waals surface area contributed by atoms with Crippen LogP contribution in [0, 0.1) is 0 Å². The Labute approximate surface area is 96.1 Å². The summed E-state index contributed by atoms with van der Waals surface area (Å²) in [4.78, 5) is 0. The first-order chi connectivity index (χ1) is 7.74. The average molecular weight is 215 g/mol. The molecule has 2 nitrogen and oxygen atoms in total. The first kappa shape index (κ1) is 11.0. The zero-order valence-electron chi connectivity index (χ0n) is 9.52. The number of rotatable bonds is 4. The van der Waals surface area contributed by atoms with Crippen LogP contribution in [0.1, 0.15) is 23.8 Å². The Balaban J connectivity index is 2.02. The van der Waals surface area contributed by atoms with Crippen LogP contribution in [-0.2, 0) is 12.8 Å². The predicted molar refractivity (Wildman–Crippen MR) is 65.3 cm³/mol. The van der Waals surface area contributed by atoms with E-state index in [1.165, 1.54) is 11.1 Å². The Morgan fingerprint density at radius 1 is 1.12 bits per heavy atom. The molecule has 0 amide bonds. The van der Waals surface area contributed by atoms with E-state index in [2.05, 4.69) is 24.3 Å². The standard InChI is InChI=1S/C14H17NO/c1-11(15)9-12-4-6-13(7-5-12)10-14-3-2-8-16-14/h2-8,11H,9-10,15H2,1H3. The maximum absolute atomic E-state index is 5.76. The second kappa shape index (κ2) is 4.99. The summed E-state index contributed by atoms with van der Waals surface area (Å²) in [5.74, 6) is 1.000. The maximum atomic E-state index is 5.76. The van der Waals surface area contributed by atoms with Crippen LogP contribution >= 0.6 is 0 Å². The molecular weight excluding hydrogens is 198 g/mol. The van der Waals surface area contributed by atoms with Gasteiger partial charge in [-0.25, -0.2) is 0 Å². The quantitative estimate of drug-likeness (QED) is 0.851. The van der Waals surface area contributed by atoms with Gasteiger partial charge in [-0.3, -0.25) is 0 Å². The number of nitrogens with two attached hydrogens (primary N) is 1. The van der Waals surface area contributed by atoms with E-state index in [0.29, 0.717) is 0 Å². The Morgan fingerprint density at radius 3 is 2.38 bits per heavy atom. The van der Waals surface area contributed by atoms with E-state index in [-0.39, 0.29) is 6.04 Å². The average Bonchev–Trinajstić information content (AvgIpc) is 2.73. The topological polar surface area (TPSA) is 39.2 Å². The van der Waals surface area contributed by atoms with Crippen LogP contribution < -0.4 is 5.73 Å². The molecule has 0 aliphatic carbocycles. The van der Waals surface area contributed by atoms with Gasteiger partial charge in [0.2, 0.25) is 0 Å². The molecule has 16 heavy (non-hydrogen) atoms. The van der Waals surface area contributed by atoms with Gasteiger partial charge in [0, 0.05) is 12.5 Å². The summed E-state index contributed by atoms with van der Waals surface area (Å²) in [6, 6.07) is 12.7. The third-order valence-corrected chi connectivity index (χ3v) is 2.54. The molecule has 0 radical (unpaired) electrons. The van der Waals surface area contributed by atoms with Crippen LogP contribution in [-0.4, -0.2) is 6.04 Å². The van der Waals surface area contributed by atoms with Crippen LogP contribution in [0.2, 0.25) is 0 Å². The van der Waals surface area contributed by atoms with Crippen molar-refractivity contribution >= 4 is 0 Å². The maximum Gasteiger partial charge on any atom is 0.108 e. The van der Waals surface area contributed by atoms with E-state index in [1.807, 2.05) is 19.1 Å². The van der Waals surface area contributed by atoms with Gasteiger partial charge in [0.25, 0.3) is 0 Å². The van der Waals surface area contributed by atoms with Crippen molar-refractivity contribution in [2.24, 2.45) is 5.73 Å². The molecule has 2 aromatic rings. The van der Waals surface area contributed by atoms with E-state index >= 15 is 0 Å². The largest absolute Gasteiger partial charge is 0.469 e. The fourth-order valence-electron chi connectivity index (χ4n) is 1.78. The number of hydrogen-bond donors (Lipinski definition) is 1. The molecule has 0 saturated carbocycles. The van der Waals surface area contributed by atoms with Crippen molar-refractivity contribution in [3.63, 3.8) is 0 Å². The van der Waals surface area contributed by atoms with E-state index in [0.717, 1.165) is 18.6 Å². The summed E-state index contributed by atoms with van der Waals surface area (Å²) in [5.41, 5.74) is 8.31. The van der Waals surface area contributed by atoms with E-state index in [9.17, 15) is 0 Å². The Bertz CT molecular complexity index is 415. The first-order valence-corrected chi connectivity index (χ1v) is 5.60. The van der Waals surface area contributed by atoms with E-state index in [1.54, 1.807) is 6.26 Å². The minimum atomic E-state index is 0.218. The van der Waals surface area contributed by atoms with Crippen molar-refractivity contribution in [1.29, 1.82) is 0 Å². The van der Waals surface area contributed by atoms with Crippen LogP contribution in [0.4, 0.5) is 0 Å². The van der Waals surface area contributed by atoms with Gasteiger partial charge in [-0.1, -0.05) is 24.3 Å². The summed E-state index contributed by atoms with van der Waals surface area (Å²) in [5, 5.41) is 0. The molecule has 1 aromatic heterocycles. The zero-order valence-corrected chi connectivity index (χ0v) is 9.52. The molecule has 1 unspecified atom stereocenters. The second-order valence-corrected chi connectivity index (χ2v) is 4.25. The van der Waals surface area contributed by atoms with Gasteiger partial charge in [0.15, 0.2) is 0 Å². The minimum Gasteiger partial charge on any atom is -0.469 e. The van der Waals surface area contributed by atoms with Crippen molar-refractivity contribution in [3.05, 3.63) is 59.5 Å². The van der Waals surface area contributed by atoms with Gasteiger partial charge in [0.05, 0.1) is 6.26 Å². The van der Waals surface area contributed by atoms with Crippen molar-refractivity contribution in [2.45, 2.75) is 25.8 Å². The third kappa shape index (κ3) is 2.97. The van der Waals surface area contributed by atoms with Crippen molar-refractivity contribution in [3.8, 4) is 0 Å². The van der Waals surface area contributed by atoms with Gasteiger partial charge in [-0.15, -0.1) is 0 Å². The van der Waals surface area contributed by atoms with Gasteiger partial charge in [-0.2, -0.15) is 0 Å². The highest BCUT2D eigenvalue weighted by Gasteiger charge is 2.00. The van der Waals surface area contributed by atoms with Gasteiger partial charge in [0.1, 0.15) is 5.76 Å². The Hall–Kier alpha value is -1.54. The highest BCUT2D eigenvalue weighted by Crippen LogP contribution is 2.12. The van der Waals surface area contributed by atoms with Crippen LogP contribution in [0.25, 0.3) is 0 Å². The fraction of sp³-hybridized carbons (Fsp3) is 0.286. The number of benzene rings is 1. The summed E-state index contributed by atoms with van der Waals surface area (Å²) in [6.45, 7) is 2.02. The highest BCUT2D eigenvalue weighted by molar-refractivity contribution is 5.26. The molecule has 1 atom stereocenters. The molecular formula is C14H17NO. The van der Waals surface area contributed by atoms with Gasteiger partial charge < -0.3 is 10.2 Å². The fourth-order valence-corrected chi connectivity index (χ4v) is 1.78. The normalized spacial score (nSPS) is 12.6. The first-order valence-electron chi connectivity index (χ1n) is 5.60. The lowest BCUT2D eigenvalue weighted by atomic mass is 10.0. The lowest BCUT2D eigenvalue weighted by molar-refractivity contribution is 0.521. The molecule has 0 bridgehead atoms. The zero-order chi connectivity index (χ0) is 11.4. The van der Waals surface area contributed by atoms with E-state index in [4.69, 9.17) is 10.2 Å². The monoisotopic (exact) mass is 215 g/mol. The lowest BCUT2D eigenvalue weighted by Gasteiger charge is -2.05. The molecule has 0 saturated heterocycles. The summed E-state index contributed by atoms with van der Waals surface area (Å²) in [6.07, 6.45) is 3.49. The molecule has 0 aliphatic rings. The van der Waals surface area contributed by atoms with Crippen LogP contribution in [0.3, 0.4) is 0 Å². The minimum absolute atomic E-state index is 0.218. The number of furan rings is 1. The molecule has 1 heterocycles. The molecule has 0 spiro atoms. The molecule has 2 N–H and O–H groups in total. The Morgan fingerprint density at radius 2 is 1.81 bits per heavy atom. The highest BCUT2D eigenvalue weighted by atomic mass is 16.3. The molecule has 0 fully saturated rings. The van der Waals surface area contributed by atoms with Gasteiger partial charge in [-0.05, 0) is 36.6 Å². The lowest BCUT2D eigenvalue weighted by Crippen LogP contribution is -2.17. The molecule has 0 aliphatic heterocycles. The molecule has 2 heteroatoms. The SMILES string of the molecule is CC(N)Cc1ccc(Cc2ccco2)cc1. The molecule has 1 aromatic carbocycles. The third-order valence-electron chi connectivity index (χ3n) is 2.54. The van der Waals surface area contributed by atoms with Crippen molar-refractivity contribution in [1.82, 2.24) is 0 Å². The van der Waals surface area contributed by atoms with Crippen molar-refractivity contribution in [2.75, 3.05) is 0 Å². The molecule has 2 rings (SSSR count). The summed E-state index contributed by atoms with van der Waals surface area (Å²) < 4.78 is 5.31. The van der Waals surface area contributed by atoms with E-state index < -0.39 is 0 Å². The second-order valence-electron chi connectivity index (χ2n) is 4.25. The summed E-state index contributed by atoms with van der Waals surface area (Å²) >= 11 is 0. The predicted octanol–water partition coefficient (Wildman–Crippen LogP) is 2.76.